The zero-order chi connectivity index (χ0) is 13.4. The van der Waals surface area contributed by atoms with Crippen LogP contribution in [0.25, 0.3) is 0 Å². The number of aryl methyl sites for hydroxylation is 2. The molecule has 0 fully saturated rings. The van der Waals surface area contributed by atoms with Crippen molar-refractivity contribution in [3.05, 3.63) is 70.3 Å². The fraction of sp³-hybridized carbons (Fsp3) is 0.278. The predicted molar refractivity (Wildman–Crippen MR) is 77.6 cm³/mol. The Bertz CT molecular complexity index is 615. The van der Waals surface area contributed by atoms with Gasteiger partial charge in [-0.1, -0.05) is 42.0 Å². The number of hydrogen-bond donors (Lipinski definition) is 0. The molecule has 3 rings (SSSR count). The van der Waals surface area contributed by atoms with Gasteiger partial charge in [-0.05, 0) is 49.4 Å². The Hall–Kier alpha value is -1.89. The van der Waals surface area contributed by atoms with Crippen LogP contribution < -0.4 is 0 Å². The van der Waals surface area contributed by atoms with E-state index in [9.17, 15) is 4.79 Å². The van der Waals surface area contributed by atoms with Gasteiger partial charge in [-0.25, -0.2) is 0 Å². The van der Waals surface area contributed by atoms with Gasteiger partial charge in [0, 0.05) is 11.5 Å². The minimum atomic E-state index is 0.123. The molecule has 96 valence electrons. The SMILES string of the molecule is Cc1ccc(C)c(C(=O)C2Cc3ccccc3C2)c1. The van der Waals surface area contributed by atoms with Crippen LogP contribution in [0.4, 0.5) is 0 Å². The number of rotatable bonds is 2. The standard InChI is InChI=1S/C18H18O/c1-12-7-8-13(2)17(9-12)18(19)16-10-14-5-3-4-6-15(14)11-16/h3-9,16H,10-11H2,1-2H3. The molecular formula is C18H18O. The zero-order valence-corrected chi connectivity index (χ0v) is 11.4. The second kappa shape index (κ2) is 4.65. The van der Waals surface area contributed by atoms with Crippen LogP contribution in [-0.4, -0.2) is 5.78 Å². The van der Waals surface area contributed by atoms with Crippen LogP contribution in [-0.2, 0) is 12.8 Å². The van der Waals surface area contributed by atoms with E-state index in [-0.39, 0.29) is 5.92 Å². The number of hydrogen-bond acceptors (Lipinski definition) is 1. The smallest absolute Gasteiger partial charge is 0.166 e. The Balaban J connectivity index is 1.89. The van der Waals surface area contributed by atoms with Crippen molar-refractivity contribution in [1.29, 1.82) is 0 Å². The third kappa shape index (κ3) is 2.21. The maximum Gasteiger partial charge on any atom is 0.166 e. The summed E-state index contributed by atoms with van der Waals surface area (Å²) in [6, 6.07) is 14.5. The molecule has 0 spiro atoms. The molecule has 0 N–H and O–H groups in total. The first kappa shape index (κ1) is 12.2. The predicted octanol–water partition coefficient (Wildman–Crippen LogP) is 3.90. The van der Waals surface area contributed by atoms with Crippen molar-refractivity contribution in [1.82, 2.24) is 0 Å². The molecule has 2 aromatic carbocycles. The summed E-state index contributed by atoms with van der Waals surface area (Å²) in [4.78, 5) is 12.7. The molecule has 0 atom stereocenters. The maximum absolute atomic E-state index is 12.7. The van der Waals surface area contributed by atoms with Gasteiger partial charge in [0.25, 0.3) is 0 Å². The first-order valence-electron chi connectivity index (χ1n) is 6.83. The van der Waals surface area contributed by atoms with Crippen LogP contribution in [0.2, 0.25) is 0 Å². The van der Waals surface area contributed by atoms with Crippen molar-refractivity contribution >= 4 is 5.78 Å². The highest BCUT2D eigenvalue weighted by Crippen LogP contribution is 2.29. The number of fused-ring (bicyclic) bond motifs is 1. The lowest BCUT2D eigenvalue weighted by molar-refractivity contribution is 0.0924. The third-order valence-electron chi connectivity index (χ3n) is 4.08. The Kier molecular flexibility index (Phi) is 2.98. The largest absolute Gasteiger partial charge is 0.294 e. The lowest BCUT2D eigenvalue weighted by atomic mass is 9.91. The lowest BCUT2D eigenvalue weighted by Crippen LogP contribution is -2.16. The van der Waals surface area contributed by atoms with Gasteiger partial charge < -0.3 is 0 Å². The first-order valence-corrected chi connectivity index (χ1v) is 6.83. The fourth-order valence-electron chi connectivity index (χ4n) is 2.97. The maximum atomic E-state index is 12.7. The Labute approximate surface area is 114 Å². The van der Waals surface area contributed by atoms with Gasteiger partial charge in [-0.15, -0.1) is 0 Å². The van der Waals surface area contributed by atoms with Crippen molar-refractivity contribution in [3.63, 3.8) is 0 Å². The molecule has 0 saturated heterocycles. The molecule has 0 aliphatic heterocycles. The molecule has 0 saturated carbocycles. The number of carbonyl (C=O) groups is 1. The molecule has 1 heteroatoms. The minimum absolute atomic E-state index is 0.123. The average molecular weight is 250 g/mol. The number of benzene rings is 2. The highest BCUT2D eigenvalue weighted by Gasteiger charge is 2.28. The van der Waals surface area contributed by atoms with E-state index in [0.29, 0.717) is 5.78 Å². The molecule has 0 heterocycles. The second-order valence-electron chi connectivity index (χ2n) is 5.56. The van der Waals surface area contributed by atoms with E-state index in [0.717, 1.165) is 29.5 Å². The van der Waals surface area contributed by atoms with Gasteiger partial charge in [0.1, 0.15) is 0 Å². The van der Waals surface area contributed by atoms with Crippen LogP contribution in [0, 0.1) is 19.8 Å². The van der Waals surface area contributed by atoms with Crippen molar-refractivity contribution in [2.75, 3.05) is 0 Å². The van der Waals surface area contributed by atoms with Crippen LogP contribution >= 0.6 is 0 Å². The summed E-state index contributed by atoms with van der Waals surface area (Å²) in [5.41, 5.74) is 5.83. The molecule has 1 aliphatic rings. The van der Waals surface area contributed by atoms with Crippen molar-refractivity contribution < 1.29 is 4.79 Å². The topological polar surface area (TPSA) is 17.1 Å². The number of Topliss-reactive ketones (excluding diaryl/α,β-unsaturated/α-hetero) is 1. The minimum Gasteiger partial charge on any atom is -0.294 e. The molecule has 0 aromatic heterocycles. The van der Waals surface area contributed by atoms with Gasteiger partial charge in [0.2, 0.25) is 0 Å². The molecule has 0 unspecified atom stereocenters. The molecule has 0 amide bonds. The molecule has 1 nitrogen and oxygen atoms in total. The zero-order valence-electron chi connectivity index (χ0n) is 11.4. The van der Waals surface area contributed by atoms with E-state index in [1.165, 1.54) is 11.1 Å². The average Bonchev–Trinajstić information content (AvgIpc) is 2.84. The summed E-state index contributed by atoms with van der Waals surface area (Å²) in [6.07, 6.45) is 1.78. The summed E-state index contributed by atoms with van der Waals surface area (Å²) in [5, 5.41) is 0. The number of carbonyl (C=O) groups excluding carboxylic acids is 1. The Morgan fingerprint density at radius 3 is 2.26 bits per heavy atom. The molecular weight excluding hydrogens is 232 g/mol. The number of ketones is 1. The molecule has 0 radical (unpaired) electrons. The van der Waals surface area contributed by atoms with E-state index in [1.54, 1.807) is 0 Å². The van der Waals surface area contributed by atoms with E-state index < -0.39 is 0 Å². The highest BCUT2D eigenvalue weighted by molar-refractivity contribution is 6.00. The Morgan fingerprint density at radius 2 is 1.63 bits per heavy atom. The first-order chi connectivity index (χ1) is 9.15. The van der Waals surface area contributed by atoms with Crippen molar-refractivity contribution in [2.24, 2.45) is 5.92 Å². The highest BCUT2D eigenvalue weighted by atomic mass is 16.1. The van der Waals surface area contributed by atoms with E-state index in [4.69, 9.17) is 0 Å². The van der Waals surface area contributed by atoms with Gasteiger partial charge in [-0.2, -0.15) is 0 Å². The van der Waals surface area contributed by atoms with Gasteiger partial charge >= 0.3 is 0 Å². The van der Waals surface area contributed by atoms with E-state index in [2.05, 4.69) is 30.3 Å². The normalized spacial score (nSPS) is 14.4. The second-order valence-corrected chi connectivity index (χ2v) is 5.56. The van der Waals surface area contributed by atoms with Gasteiger partial charge in [0.15, 0.2) is 5.78 Å². The van der Waals surface area contributed by atoms with Crippen LogP contribution in [0.15, 0.2) is 42.5 Å². The van der Waals surface area contributed by atoms with Crippen molar-refractivity contribution in [3.8, 4) is 0 Å². The van der Waals surface area contributed by atoms with Crippen LogP contribution in [0.3, 0.4) is 0 Å². The van der Waals surface area contributed by atoms with E-state index in [1.807, 2.05) is 26.0 Å². The lowest BCUT2D eigenvalue weighted by Gasteiger charge is -2.11. The van der Waals surface area contributed by atoms with Gasteiger partial charge in [0.05, 0.1) is 0 Å². The van der Waals surface area contributed by atoms with Crippen LogP contribution in [0.5, 0.6) is 0 Å². The molecule has 2 aromatic rings. The summed E-state index contributed by atoms with van der Waals surface area (Å²) in [7, 11) is 0. The van der Waals surface area contributed by atoms with Crippen molar-refractivity contribution in [2.45, 2.75) is 26.7 Å². The Morgan fingerprint density at radius 1 is 1.00 bits per heavy atom. The molecule has 1 aliphatic carbocycles. The third-order valence-corrected chi connectivity index (χ3v) is 4.08. The molecule has 19 heavy (non-hydrogen) atoms. The van der Waals surface area contributed by atoms with Gasteiger partial charge in [-0.3, -0.25) is 4.79 Å². The summed E-state index contributed by atoms with van der Waals surface area (Å²) >= 11 is 0. The quantitative estimate of drug-likeness (QED) is 0.739. The molecule has 0 bridgehead atoms. The summed E-state index contributed by atoms with van der Waals surface area (Å²) in [6.45, 7) is 4.06. The van der Waals surface area contributed by atoms with E-state index >= 15 is 0 Å². The summed E-state index contributed by atoms with van der Waals surface area (Å²) < 4.78 is 0. The summed E-state index contributed by atoms with van der Waals surface area (Å²) in [5.74, 6) is 0.426. The van der Waals surface area contributed by atoms with Crippen LogP contribution in [0.1, 0.15) is 32.6 Å². The fourth-order valence-corrected chi connectivity index (χ4v) is 2.97. The monoisotopic (exact) mass is 250 g/mol.